The number of thiophene rings is 1. The summed E-state index contributed by atoms with van der Waals surface area (Å²) in [4.78, 5) is 12.7. The van der Waals surface area contributed by atoms with E-state index in [9.17, 15) is 4.79 Å². The van der Waals surface area contributed by atoms with Crippen molar-refractivity contribution in [1.82, 2.24) is 0 Å². The van der Waals surface area contributed by atoms with Gasteiger partial charge in [-0.25, -0.2) is 0 Å². The van der Waals surface area contributed by atoms with E-state index < -0.39 is 0 Å². The summed E-state index contributed by atoms with van der Waals surface area (Å²) in [6.45, 7) is 6.98. The summed E-state index contributed by atoms with van der Waals surface area (Å²) in [5.41, 5.74) is 2.43. The zero-order valence-electron chi connectivity index (χ0n) is 12.9. The largest absolute Gasteiger partial charge is 0.493 e. The van der Waals surface area contributed by atoms with Crippen molar-refractivity contribution in [1.29, 1.82) is 0 Å². The monoisotopic (exact) mass is 302 g/mol. The molecule has 1 aromatic heterocycles. The van der Waals surface area contributed by atoms with Gasteiger partial charge in [-0.15, -0.1) is 11.3 Å². The summed E-state index contributed by atoms with van der Waals surface area (Å²) in [5.74, 6) is 1.60. The maximum absolute atomic E-state index is 11.9. The molecule has 0 unspecified atom stereocenters. The van der Waals surface area contributed by atoms with E-state index in [1.807, 2.05) is 17.5 Å². The van der Waals surface area contributed by atoms with Crippen LogP contribution in [-0.2, 0) is 0 Å². The summed E-state index contributed by atoms with van der Waals surface area (Å²) >= 11 is 1.50. The number of Topliss-reactive ketones (excluding diaryl/α,β-unsaturated/α-hetero) is 1. The van der Waals surface area contributed by atoms with Crippen LogP contribution in [0.5, 0.6) is 5.75 Å². The average Bonchev–Trinajstić information content (AvgIpc) is 2.97. The molecule has 2 nitrogen and oxygen atoms in total. The molecular formula is C18H22O2S. The highest BCUT2D eigenvalue weighted by Crippen LogP contribution is 2.27. The van der Waals surface area contributed by atoms with E-state index in [1.165, 1.54) is 22.5 Å². The van der Waals surface area contributed by atoms with Gasteiger partial charge in [0.1, 0.15) is 5.75 Å². The van der Waals surface area contributed by atoms with E-state index in [0.29, 0.717) is 18.9 Å². The molecule has 0 radical (unpaired) electrons. The molecular weight excluding hydrogens is 280 g/mol. The molecule has 0 aliphatic carbocycles. The Labute approximate surface area is 130 Å². The fraction of sp³-hybridized carbons (Fsp3) is 0.389. The van der Waals surface area contributed by atoms with Crippen LogP contribution in [0.1, 0.15) is 53.4 Å². The molecule has 0 aliphatic heterocycles. The second-order valence-electron chi connectivity index (χ2n) is 5.55. The van der Waals surface area contributed by atoms with E-state index in [0.717, 1.165) is 17.0 Å². The number of hydrogen-bond donors (Lipinski definition) is 0. The molecule has 0 atom stereocenters. The Bertz CT molecular complexity index is 585. The van der Waals surface area contributed by atoms with Crippen molar-refractivity contribution in [3.8, 4) is 5.75 Å². The summed E-state index contributed by atoms with van der Waals surface area (Å²) < 4.78 is 5.90. The normalized spacial score (nSPS) is 10.9. The molecule has 1 aromatic carbocycles. The average molecular weight is 302 g/mol. The highest BCUT2D eigenvalue weighted by Gasteiger charge is 2.09. The molecule has 0 saturated carbocycles. The third kappa shape index (κ3) is 4.43. The third-order valence-corrected chi connectivity index (χ3v) is 4.30. The van der Waals surface area contributed by atoms with E-state index in [-0.39, 0.29) is 5.78 Å². The highest BCUT2D eigenvalue weighted by atomic mass is 32.1. The standard InChI is InChI=1S/C18H22O2S/c1-13(2)15-9-8-14(3)12-17(15)20-10-4-6-16(19)18-7-5-11-21-18/h5,7-9,11-13H,4,6,10H2,1-3H3. The molecule has 0 fully saturated rings. The van der Waals surface area contributed by atoms with Gasteiger partial charge in [0.2, 0.25) is 0 Å². The zero-order chi connectivity index (χ0) is 15.2. The number of aryl methyl sites for hydroxylation is 1. The van der Waals surface area contributed by atoms with Crippen molar-refractivity contribution < 1.29 is 9.53 Å². The SMILES string of the molecule is Cc1ccc(C(C)C)c(OCCCC(=O)c2cccs2)c1. The Kier molecular flexibility index (Phi) is 5.57. The van der Waals surface area contributed by atoms with Crippen molar-refractivity contribution in [2.75, 3.05) is 6.61 Å². The second-order valence-corrected chi connectivity index (χ2v) is 6.50. The first kappa shape index (κ1) is 15.8. The molecule has 3 heteroatoms. The van der Waals surface area contributed by atoms with Crippen molar-refractivity contribution in [3.05, 3.63) is 51.7 Å². The van der Waals surface area contributed by atoms with E-state index in [4.69, 9.17) is 4.74 Å². The molecule has 112 valence electrons. The smallest absolute Gasteiger partial charge is 0.172 e. The number of ether oxygens (including phenoxy) is 1. The van der Waals surface area contributed by atoms with Crippen molar-refractivity contribution in [2.24, 2.45) is 0 Å². The summed E-state index contributed by atoms with van der Waals surface area (Å²) in [6, 6.07) is 10.1. The predicted octanol–water partition coefficient (Wildman–Crippen LogP) is 5.22. The molecule has 0 spiro atoms. The lowest BCUT2D eigenvalue weighted by molar-refractivity contribution is 0.0977. The van der Waals surface area contributed by atoms with Gasteiger partial charge in [0.25, 0.3) is 0 Å². The topological polar surface area (TPSA) is 26.3 Å². The maximum atomic E-state index is 11.9. The van der Waals surface area contributed by atoms with E-state index >= 15 is 0 Å². The van der Waals surface area contributed by atoms with Gasteiger partial charge in [-0.3, -0.25) is 4.79 Å². The summed E-state index contributed by atoms with van der Waals surface area (Å²) in [5, 5.41) is 1.94. The van der Waals surface area contributed by atoms with Gasteiger partial charge in [-0.2, -0.15) is 0 Å². The Morgan fingerprint density at radius 3 is 2.76 bits per heavy atom. The van der Waals surface area contributed by atoms with Crippen LogP contribution in [0.25, 0.3) is 0 Å². The van der Waals surface area contributed by atoms with Crippen LogP contribution in [0.3, 0.4) is 0 Å². The van der Waals surface area contributed by atoms with Crippen molar-refractivity contribution in [3.63, 3.8) is 0 Å². The zero-order valence-corrected chi connectivity index (χ0v) is 13.7. The van der Waals surface area contributed by atoms with Gasteiger partial charge in [0, 0.05) is 6.42 Å². The fourth-order valence-corrected chi connectivity index (χ4v) is 2.91. The van der Waals surface area contributed by atoms with E-state index in [1.54, 1.807) is 0 Å². The first-order chi connectivity index (χ1) is 10.1. The molecule has 0 saturated heterocycles. The summed E-state index contributed by atoms with van der Waals surface area (Å²) in [6.07, 6.45) is 1.30. The van der Waals surface area contributed by atoms with Gasteiger partial charge in [-0.1, -0.05) is 32.0 Å². The first-order valence-corrected chi connectivity index (χ1v) is 8.26. The molecule has 0 aliphatic rings. The van der Waals surface area contributed by atoms with Crippen LogP contribution in [-0.4, -0.2) is 12.4 Å². The number of ketones is 1. The first-order valence-electron chi connectivity index (χ1n) is 7.38. The molecule has 1 heterocycles. The van der Waals surface area contributed by atoms with Crippen molar-refractivity contribution in [2.45, 2.75) is 39.5 Å². The van der Waals surface area contributed by atoms with Crippen molar-refractivity contribution >= 4 is 17.1 Å². The lowest BCUT2D eigenvalue weighted by Crippen LogP contribution is -2.04. The number of rotatable bonds is 7. The number of benzene rings is 1. The predicted molar refractivity (Wildman–Crippen MR) is 88.6 cm³/mol. The lowest BCUT2D eigenvalue weighted by Gasteiger charge is -2.14. The Morgan fingerprint density at radius 2 is 2.10 bits per heavy atom. The minimum atomic E-state index is 0.210. The van der Waals surface area contributed by atoms with Crippen LogP contribution in [0.2, 0.25) is 0 Å². The summed E-state index contributed by atoms with van der Waals surface area (Å²) in [7, 11) is 0. The number of carbonyl (C=O) groups is 1. The Balaban J connectivity index is 1.86. The minimum absolute atomic E-state index is 0.210. The molecule has 0 amide bonds. The fourth-order valence-electron chi connectivity index (χ4n) is 2.22. The second kappa shape index (κ2) is 7.41. The molecule has 2 rings (SSSR count). The number of carbonyl (C=O) groups excluding carboxylic acids is 1. The highest BCUT2D eigenvalue weighted by molar-refractivity contribution is 7.12. The van der Waals surface area contributed by atoms with Crippen LogP contribution in [0, 0.1) is 6.92 Å². The third-order valence-electron chi connectivity index (χ3n) is 3.39. The van der Waals surface area contributed by atoms with Crippen LogP contribution < -0.4 is 4.74 Å². The molecule has 21 heavy (non-hydrogen) atoms. The Hall–Kier alpha value is -1.61. The maximum Gasteiger partial charge on any atom is 0.172 e. The number of hydrogen-bond acceptors (Lipinski definition) is 3. The van der Waals surface area contributed by atoms with Crippen LogP contribution in [0.15, 0.2) is 35.7 Å². The molecule has 2 aromatic rings. The quantitative estimate of drug-likeness (QED) is 0.517. The van der Waals surface area contributed by atoms with Crippen LogP contribution in [0.4, 0.5) is 0 Å². The van der Waals surface area contributed by atoms with Gasteiger partial charge in [0.15, 0.2) is 5.78 Å². The Morgan fingerprint density at radius 1 is 1.29 bits per heavy atom. The van der Waals surface area contributed by atoms with Gasteiger partial charge >= 0.3 is 0 Å². The lowest BCUT2D eigenvalue weighted by atomic mass is 10.0. The van der Waals surface area contributed by atoms with Crippen LogP contribution >= 0.6 is 11.3 Å². The van der Waals surface area contributed by atoms with Gasteiger partial charge < -0.3 is 4.74 Å². The van der Waals surface area contributed by atoms with E-state index in [2.05, 4.69) is 39.0 Å². The molecule has 0 N–H and O–H groups in total. The van der Waals surface area contributed by atoms with Gasteiger partial charge in [0.05, 0.1) is 11.5 Å². The minimum Gasteiger partial charge on any atom is -0.493 e. The van der Waals surface area contributed by atoms with Gasteiger partial charge in [-0.05, 0) is 47.9 Å². The molecule has 0 bridgehead atoms.